The van der Waals surface area contributed by atoms with Crippen LogP contribution in [0.3, 0.4) is 0 Å². The molecule has 1 heterocycles. The lowest BCUT2D eigenvalue weighted by Crippen LogP contribution is -2.48. The Morgan fingerprint density at radius 3 is 2.25 bits per heavy atom. The van der Waals surface area contributed by atoms with Gasteiger partial charge in [-0.15, -0.1) is 0 Å². The predicted octanol–water partition coefficient (Wildman–Crippen LogP) is 4.60. The maximum atomic E-state index is 13.0. The third-order valence-corrected chi connectivity index (χ3v) is 8.50. The van der Waals surface area contributed by atoms with E-state index in [4.69, 9.17) is 0 Å². The minimum absolute atomic E-state index is 0.00454. The first kappa shape index (κ1) is 26.5. The average Bonchev–Trinajstić information content (AvgIpc) is 2.87. The summed E-state index contributed by atoms with van der Waals surface area (Å²) in [5.74, 6) is -0.0191. The summed E-state index contributed by atoms with van der Waals surface area (Å²) in [6, 6.07) is 11.9. The number of halogens is 3. The standard InChI is InChI=1S/C26H32F3N3O3S/c27-26(28,29)21-5-4-8-23(19-21)31-15-17-32(18-16-31)25(33)14-11-20-9-12-24(13-10-20)36(34,35)30-22-6-2-1-3-7-22/h4-5,8-10,12-13,19,22,30H,1-3,6-7,11,14-18H2. The Morgan fingerprint density at radius 2 is 1.61 bits per heavy atom. The normalized spacial score (nSPS) is 17.9. The smallest absolute Gasteiger partial charge is 0.368 e. The fourth-order valence-electron chi connectivity index (χ4n) is 4.85. The molecule has 6 nitrogen and oxygen atoms in total. The largest absolute Gasteiger partial charge is 0.416 e. The predicted molar refractivity (Wildman–Crippen MR) is 132 cm³/mol. The number of benzene rings is 2. The molecule has 1 saturated heterocycles. The van der Waals surface area contributed by atoms with Gasteiger partial charge in [0.2, 0.25) is 15.9 Å². The number of aryl methyl sites for hydroxylation is 1. The highest BCUT2D eigenvalue weighted by atomic mass is 32.2. The number of sulfonamides is 1. The molecule has 2 fully saturated rings. The molecular formula is C26H32F3N3O3S. The highest BCUT2D eigenvalue weighted by molar-refractivity contribution is 7.89. The van der Waals surface area contributed by atoms with Crippen LogP contribution in [-0.2, 0) is 27.4 Å². The molecule has 196 valence electrons. The van der Waals surface area contributed by atoms with Gasteiger partial charge in [0.1, 0.15) is 0 Å². The molecule has 1 N–H and O–H groups in total. The number of hydrogen-bond donors (Lipinski definition) is 1. The number of carbonyl (C=O) groups excluding carboxylic acids is 1. The fraction of sp³-hybridized carbons (Fsp3) is 0.500. The highest BCUT2D eigenvalue weighted by Gasteiger charge is 2.31. The minimum Gasteiger partial charge on any atom is -0.368 e. The van der Waals surface area contributed by atoms with Gasteiger partial charge in [-0.2, -0.15) is 13.2 Å². The van der Waals surface area contributed by atoms with E-state index in [-0.39, 0.29) is 23.3 Å². The summed E-state index contributed by atoms with van der Waals surface area (Å²) < 4.78 is 67.1. The SMILES string of the molecule is O=C(CCc1ccc(S(=O)(=O)NC2CCCCC2)cc1)N1CCN(c2cccc(C(F)(F)F)c2)CC1. The van der Waals surface area contributed by atoms with Gasteiger partial charge < -0.3 is 9.80 Å². The van der Waals surface area contributed by atoms with Crippen molar-refractivity contribution in [3.8, 4) is 0 Å². The first-order valence-electron chi connectivity index (χ1n) is 12.4. The number of piperazine rings is 1. The van der Waals surface area contributed by atoms with Gasteiger partial charge in [0.15, 0.2) is 0 Å². The number of carbonyl (C=O) groups is 1. The van der Waals surface area contributed by atoms with Crippen molar-refractivity contribution in [2.24, 2.45) is 0 Å². The van der Waals surface area contributed by atoms with Gasteiger partial charge in [-0.1, -0.05) is 37.5 Å². The summed E-state index contributed by atoms with van der Waals surface area (Å²) in [5, 5.41) is 0. The summed E-state index contributed by atoms with van der Waals surface area (Å²) in [6.45, 7) is 1.82. The molecule has 0 aromatic heterocycles. The Bertz CT molecular complexity index is 1140. The van der Waals surface area contributed by atoms with E-state index in [2.05, 4.69) is 4.72 Å². The first-order chi connectivity index (χ1) is 17.1. The van der Waals surface area contributed by atoms with Crippen molar-refractivity contribution in [1.82, 2.24) is 9.62 Å². The third-order valence-electron chi connectivity index (χ3n) is 6.96. The maximum Gasteiger partial charge on any atom is 0.416 e. The highest BCUT2D eigenvalue weighted by Crippen LogP contribution is 2.32. The van der Waals surface area contributed by atoms with E-state index in [0.29, 0.717) is 38.3 Å². The van der Waals surface area contributed by atoms with Gasteiger partial charge >= 0.3 is 6.18 Å². The Balaban J connectivity index is 1.25. The van der Waals surface area contributed by atoms with Crippen LogP contribution in [0, 0.1) is 0 Å². The molecule has 1 saturated carbocycles. The van der Waals surface area contributed by atoms with E-state index >= 15 is 0 Å². The number of alkyl halides is 3. The summed E-state index contributed by atoms with van der Waals surface area (Å²) in [7, 11) is -3.56. The van der Waals surface area contributed by atoms with Gasteiger partial charge in [-0.05, 0) is 55.2 Å². The Morgan fingerprint density at radius 1 is 0.944 bits per heavy atom. The molecule has 36 heavy (non-hydrogen) atoms. The lowest BCUT2D eigenvalue weighted by Gasteiger charge is -2.36. The molecule has 1 aliphatic heterocycles. The molecule has 0 spiro atoms. The van der Waals surface area contributed by atoms with E-state index < -0.39 is 21.8 Å². The molecule has 0 bridgehead atoms. The van der Waals surface area contributed by atoms with Gasteiger partial charge in [-0.25, -0.2) is 13.1 Å². The van der Waals surface area contributed by atoms with Crippen LogP contribution in [0.25, 0.3) is 0 Å². The van der Waals surface area contributed by atoms with Gasteiger partial charge in [0.25, 0.3) is 0 Å². The lowest BCUT2D eigenvalue weighted by molar-refractivity contribution is -0.137. The molecule has 0 radical (unpaired) electrons. The van der Waals surface area contributed by atoms with Crippen molar-refractivity contribution < 1.29 is 26.4 Å². The van der Waals surface area contributed by atoms with Crippen molar-refractivity contribution >= 4 is 21.6 Å². The van der Waals surface area contributed by atoms with E-state index in [1.165, 1.54) is 6.07 Å². The van der Waals surface area contributed by atoms with E-state index in [0.717, 1.165) is 49.8 Å². The molecule has 10 heteroatoms. The quantitative estimate of drug-likeness (QED) is 0.576. The van der Waals surface area contributed by atoms with Crippen LogP contribution in [0.4, 0.5) is 18.9 Å². The first-order valence-corrected chi connectivity index (χ1v) is 13.9. The molecule has 2 aromatic carbocycles. The lowest BCUT2D eigenvalue weighted by atomic mass is 9.96. The molecule has 1 aliphatic carbocycles. The summed E-state index contributed by atoms with van der Waals surface area (Å²) in [6.07, 6.45) is 1.36. The van der Waals surface area contributed by atoms with E-state index in [1.807, 2.05) is 4.90 Å². The molecule has 0 unspecified atom stereocenters. The second kappa shape index (κ2) is 11.2. The van der Waals surface area contributed by atoms with Gasteiger partial charge in [0.05, 0.1) is 10.5 Å². The number of rotatable bonds is 7. The molecule has 4 rings (SSSR count). The van der Waals surface area contributed by atoms with Gasteiger partial charge in [0, 0.05) is 44.3 Å². The monoisotopic (exact) mass is 523 g/mol. The Hall–Kier alpha value is -2.59. The van der Waals surface area contributed by atoms with Crippen LogP contribution in [0.2, 0.25) is 0 Å². The van der Waals surface area contributed by atoms with Crippen LogP contribution in [0.15, 0.2) is 53.4 Å². The topological polar surface area (TPSA) is 69.7 Å². The van der Waals surface area contributed by atoms with Crippen molar-refractivity contribution in [1.29, 1.82) is 0 Å². The second-order valence-corrected chi connectivity index (χ2v) is 11.2. The van der Waals surface area contributed by atoms with E-state index in [9.17, 15) is 26.4 Å². The van der Waals surface area contributed by atoms with Crippen LogP contribution in [-0.4, -0.2) is 51.4 Å². The van der Waals surface area contributed by atoms with Crippen LogP contribution >= 0.6 is 0 Å². The van der Waals surface area contributed by atoms with Crippen molar-refractivity contribution in [3.63, 3.8) is 0 Å². The summed E-state index contributed by atoms with van der Waals surface area (Å²) >= 11 is 0. The number of nitrogens with zero attached hydrogens (tertiary/aromatic N) is 2. The Labute approximate surface area is 210 Å². The van der Waals surface area contributed by atoms with Crippen LogP contribution in [0.5, 0.6) is 0 Å². The zero-order valence-electron chi connectivity index (χ0n) is 20.1. The molecular weight excluding hydrogens is 491 g/mol. The maximum absolute atomic E-state index is 13.0. The van der Waals surface area contributed by atoms with E-state index in [1.54, 1.807) is 35.2 Å². The fourth-order valence-corrected chi connectivity index (χ4v) is 6.15. The molecule has 2 aliphatic rings. The molecule has 2 aromatic rings. The third kappa shape index (κ3) is 6.79. The summed E-state index contributed by atoms with van der Waals surface area (Å²) in [4.78, 5) is 16.5. The number of amides is 1. The van der Waals surface area contributed by atoms with Crippen molar-refractivity contribution in [3.05, 3.63) is 59.7 Å². The molecule has 0 atom stereocenters. The van der Waals surface area contributed by atoms with Crippen molar-refractivity contribution in [2.45, 2.75) is 62.1 Å². The molecule has 1 amide bonds. The summed E-state index contributed by atoms with van der Waals surface area (Å²) in [5.41, 5.74) is 0.703. The number of hydrogen-bond acceptors (Lipinski definition) is 4. The van der Waals surface area contributed by atoms with Crippen LogP contribution in [0.1, 0.15) is 49.7 Å². The van der Waals surface area contributed by atoms with Gasteiger partial charge in [-0.3, -0.25) is 4.79 Å². The minimum atomic E-state index is -4.39. The van der Waals surface area contributed by atoms with Crippen LogP contribution < -0.4 is 9.62 Å². The second-order valence-electron chi connectivity index (χ2n) is 9.52. The number of nitrogens with one attached hydrogen (secondary N) is 1. The Kier molecular flexibility index (Phi) is 8.24. The number of anilines is 1. The zero-order valence-corrected chi connectivity index (χ0v) is 21.0. The average molecular weight is 524 g/mol. The van der Waals surface area contributed by atoms with Crippen molar-refractivity contribution in [2.75, 3.05) is 31.1 Å². The zero-order chi connectivity index (χ0) is 25.8.